The summed E-state index contributed by atoms with van der Waals surface area (Å²) in [4.78, 5) is 0. The molecule has 0 saturated heterocycles. The highest BCUT2D eigenvalue weighted by atomic mass is 16.5. The molecule has 0 N–H and O–H groups in total. The minimum Gasteiger partial charge on any atom is -0.497 e. The molecule has 3 aromatic rings. The van der Waals surface area contributed by atoms with Crippen molar-refractivity contribution in [2.45, 2.75) is 6.61 Å². The summed E-state index contributed by atoms with van der Waals surface area (Å²) in [6.07, 6.45) is 1.31. The minimum absolute atomic E-state index is 0.483. The van der Waals surface area contributed by atoms with E-state index in [4.69, 9.17) is 13.9 Å². The van der Waals surface area contributed by atoms with Crippen molar-refractivity contribution in [1.82, 2.24) is 10.2 Å². The van der Waals surface area contributed by atoms with Crippen LogP contribution in [0.2, 0.25) is 0 Å². The Morgan fingerprint density at radius 3 is 2.62 bits per heavy atom. The molecular weight excluding hydrogens is 268 g/mol. The summed E-state index contributed by atoms with van der Waals surface area (Å²) < 4.78 is 16.1. The summed E-state index contributed by atoms with van der Waals surface area (Å²) in [7, 11) is 1.65. The zero-order valence-corrected chi connectivity index (χ0v) is 11.5. The van der Waals surface area contributed by atoms with Gasteiger partial charge in [0.2, 0.25) is 12.3 Å². The third kappa shape index (κ3) is 3.20. The van der Waals surface area contributed by atoms with Crippen LogP contribution in [0, 0.1) is 0 Å². The molecule has 0 amide bonds. The van der Waals surface area contributed by atoms with Crippen LogP contribution in [0.15, 0.2) is 59.3 Å². The Kier molecular flexibility index (Phi) is 3.82. The van der Waals surface area contributed by atoms with E-state index in [2.05, 4.69) is 10.2 Å². The predicted octanol–water partition coefficient (Wildman–Crippen LogP) is 3.32. The fraction of sp³-hybridized carbons (Fsp3) is 0.125. The van der Waals surface area contributed by atoms with Crippen LogP contribution in [-0.4, -0.2) is 17.3 Å². The van der Waals surface area contributed by atoms with Gasteiger partial charge in [0, 0.05) is 5.56 Å². The fourth-order valence-electron chi connectivity index (χ4n) is 1.92. The zero-order chi connectivity index (χ0) is 14.5. The Bertz CT molecular complexity index is 694. The Hall–Kier alpha value is -2.82. The number of nitrogens with zero attached hydrogens (tertiary/aromatic N) is 2. The molecule has 0 unspecified atom stereocenters. The first-order valence-electron chi connectivity index (χ1n) is 6.47. The number of ether oxygens (including phenoxy) is 2. The number of hydrogen-bond acceptors (Lipinski definition) is 5. The molecule has 5 nitrogen and oxygen atoms in total. The number of aromatic nitrogens is 2. The van der Waals surface area contributed by atoms with Crippen LogP contribution in [0.3, 0.4) is 0 Å². The van der Waals surface area contributed by atoms with Gasteiger partial charge in [-0.2, -0.15) is 0 Å². The topological polar surface area (TPSA) is 57.4 Å². The van der Waals surface area contributed by atoms with Crippen LogP contribution in [-0.2, 0) is 6.61 Å². The highest BCUT2D eigenvalue weighted by molar-refractivity contribution is 5.53. The van der Waals surface area contributed by atoms with Crippen molar-refractivity contribution in [2.75, 3.05) is 7.11 Å². The van der Waals surface area contributed by atoms with Crippen LogP contribution in [0.1, 0.15) is 5.56 Å². The highest BCUT2D eigenvalue weighted by Gasteiger charge is 2.03. The van der Waals surface area contributed by atoms with Crippen molar-refractivity contribution in [3.63, 3.8) is 0 Å². The molecule has 0 bridgehead atoms. The number of benzene rings is 2. The highest BCUT2D eigenvalue weighted by Crippen LogP contribution is 2.21. The van der Waals surface area contributed by atoms with Gasteiger partial charge in [-0.25, -0.2) is 0 Å². The number of methoxy groups -OCH3 is 1. The average Bonchev–Trinajstić information content (AvgIpc) is 3.08. The second-order valence-corrected chi connectivity index (χ2v) is 4.41. The maximum Gasteiger partial charge on any atom is 0.247 e. The van der Waals surface area contributed by atoms with E-state index >= 15 is 0 Å². The molecule has 0 fully saturated rings. The van der Waals surface area contributed by atoms with Crippen LogP contribution in [0.25, 0.3) is 11.5 Å². The van der Waals surface area contributed by atoms with Crippen molar-refractivity contribution in [1.29, 1.82) is 0 Å². The summed E-state index contributed by atoms with van der Waals surface area (Å²) >= 11 is 0. The first-order valence-corrected chi connectivity index (χ1v) is 6.47. The molecule has 0 aliphatic heterocycles. The van der Waals surface area contributed by atoms with Gasteiger partial charge in [-0.1, -0.05) is 12.1 Å². The smallest absolute Gasteiger partial charge is 0.247 e. The Balaban J connectivity index is 1.65. The summed E-state index contributed by atoms with van der Waals surface area (Å²) in [5.41, 5.74) is 1.91. The maximum atomic E-state index is 5.74. The third-order valence-corrected chi connectivity index (χ3v) is 3.00. The average molecular weight is 282 g/mol. The Morgan fingerprint density at radius 1 is 1.05 bits per heavy atom. The first kappa shape index (κ1) is 13.2. The summed E-state index contributed by atoms with van der Waals surface area (Å²) in [5.74, 6) is 2.10. The monoisotopic (exact) mass is 282 g/mol. The van der Waals surface area contributed by atoms with Gasteiger partial charge in [0.25, 0.3) is 0 Å². The Morgan fingerprint density at radius 2 is 1.90 bits per heavy atom. The lowest BCUT2D eigenvalue weighted by molar-refractivity contribution is 0.305. The number of hydrogen-bond donors (Lipinski definition) is 0. The standard InChI is InChI=1S/C16H14N2O3/c1-19-15-4-2-3-12(9-15)10-20-14-7-5-13(6-8-14)16-18-17-11-21-16/h2-9,11H,10H2,1H3. The zero-order valence-electron chi connectivity index (χ0n) is 11.5. The molecule has 21 heavy (non-hydrogen) atoms. The molecule has 0 saturated carbocycles. The van der Waals surface area contributed by atoms with E-state index in [1.165, 1.54) is 6.39 Å². The van der Waals surface area contributed by atoms with E-state index in [-0.39, 0.29) is 0 Å². The van der Waals surface area contributed by atoms with Crippen molar-refractivity contribution in [2.24, 2.45) is 0 Å². The van der Waals surface area contributed by atoms with Crippen LogP contribution in [0.5, 0.6) is 11.5 Å². The van der Waals surface area contributed by atoms with Crippen molar-refractivity contribution in [3.8, 4) is 23.0 Å². The molecule has 0 aliphatic carbocycles. The minimum atomic E-state index is 0.483. The third-order valence-electron chi connectivity index (χ3n) is 3.00. The van der Waals surface area contributed by atoms with E-state index in [0.29, 0.717) is 12.5 Å². The van der Waals surface area contributed by atoms with Gasteiger partial charge in [0.05, 0.1) is 7.11 Å². The second-order valence-electron chi connectivity index (χ2n) is 4.41. The van der Waals surface area contributed by atoms with E-state index in [0.717, 1.165) is 22.6 Å². The molecule has 5 heteroatoms. The van der Waals surface area contributed by atoms with Gasteiger partial charge in [-0.15, -0.1) is 10.2 Å². The molecule has 0 spiro atoms. The Labute approximate surface area is 122 Å². The van der Waals surface area contributed by atoms with E-state index in [9.17, 15) is 0 Å². The number of rotatable bonds is 5. The van der Waals surface area contributed by atoms with Crippen LogP contribution >= 0.6 is 0 Å². The normalized spacial score (nSPS) is 10.3. The predicted molar refractivity (Wildman–Crippen MR) is 77.1 cm³/mol. The van der Waals surface area contributed by atoms with E-state index in [1.807, 2.05) is 48.5 Å². The largest absolute Gasteiger partial charge is 0.497 e. The molecule has 106 valence electrons. The van der Waals surface area contributed by atoms with Gasteiger partial charge in [-0.3, -0.25) is 0 Å². The lowest BCUT2D eigenvalue weighted by Crippen LogP contribution is -1.96. The maximum absolute atomic E-state index is 5.74. The van der Waals surface area contributed by atoms with Crippen LogP contribution in [0.4, 0.5) is 0 Å². The summed E-state index contributed by atoms with van der Waals surface area (Å²) in [6.45, 7) is 0.483. The molecule has 2 aromatic carbocycles. The molecule has 1 aromatic heterocycles. The van der Waals surface area contributed by atoms with Crippen molar-refractivity contribution < 1.29 is 13.9 Å². The molecule has 1 heterocycles. The fourth-order valence-corrected chi connectivity index (χ4v) is 1.92. The molecule has 0 radical (unpaired) electrons. The van der Waals surface area contributed by atoms with Gasteiger partial charge in [0.15, 0.2) is 0 Å². The first-order chi connectivity index (χ1) is 10.3. The van der Waals surface area contributed by atoms with Gasteiger partial charge in [-0.05, 0) is 42.0 Å². The van der Waals surface area contributed by atoms with Crippen molar-refractivity contribution in [3.05, 3.63) is 60.5 Å². The van der Waals surface area contributed by atoms with Crippen LogP contribution < -0.4 is 9.47 Å². The SMILES string of the molecule is COc1cccc(COc2ccc(-c3nnco3)cc2)c1. The van der Waals surface area contributed by atoms with Gasteiger partial charge < -0.3 is 13.9 Å². The second kappa shape index (κ2) is 6.09. The quantitative estimate of drug-likeness (QED) is 0.718. The molecule has 0 atom stereocenters. The summed E-state index contributed by atoms with van der Waals surface area (Å²) in [5, 5.41) is 7.51. The van der Waals surface area contributed by atoms with E-state index < -0.39 is 0 Å². The van der Waals surface area contributed by atoms with Gasteiger partial charge >= 0.3 is 0 Å². The van der Waals surface area contributed by atoms with E-state index in [1.54, 1.807) is 7.11 Å². The molecule has 3 rings (SSSR count). The summed E-state index contributed by atoms with van der Waals surface area (Å²) in [6, 6.07) is 15.3. The molecule has 0 aliphatic rings. The van der Waals surface area contributed by atoms with Crippen molar-refractivity contribution >= 4 is 0 Å². The lowest BCUT2D eigenvalue weighted by atomic mass is 10.2. The lowest BCUT2D eigenvalue weighted by Gasteiger charge is -2.08. The van der Waals surface area contributed by atoms with Gasteiger partial charge in [0.1, 0.15) is 18.1 Å². The molecular formula is C16H14N2O3.